The first-order valence-corrected chi connectivity index (χ1v) is 8.84. The van der Waals surface area contributed by atoms with Crippen LogP contribution in [-0.2, 0) is 0 Å². The van der Waals surface area contributed by atoms with Gasteiger partial charge in [0.05, 0.1) is 15.1 Å². The third-order valence-electron chi connectivity index (χ3n) is 3.52. The number of phenolic OH excluding ortho intramolecular Hbond substituents is 1. The molecule has 138 valence electrons. The normalized spacial score (nSPS) is 12.2. The van der Waals surface area contributed by atoms with Gasteiger partial charge in [-0.1, -0.05) is 37.3 Å². The zero-order valence-electron chi connectivity index (χ0n) is 14.5. The van der Waals surface area contributed by atoms with E-state index in [2.05, 4.69) is 25.7 Å². The van der Waals surface area contributed by atoms with Crippen molar-refractivity contribution < 1.29 is 10.0 Å². The Morgan fingerprint density at radius 3 is 2.78 bits per heavy atom. The van der Waals surface area contributed by atoms with Crippen LogP contribution in [0.1, 0.15) is 13.8 Å². The number of benzene rings is 2. The molecule has 0 amide bonds. The fourth-order valence-electron chi connectivity index (χ4n) is 2.11. The van der Waals surface area contributed by atoms with Gasteiger partial charge in [0.1, 0.15) is 11.4 Å². The molecule has 1 aromatic heterocycles. The lowest BCUT2D eigenvalue weighted by atomic mass is 10.2. The molecule has 0 saturated carbocycles. The minimum Gasteiger partial charge on any atom is -0.506 e. The van der Waals surface area contributed by atoms with Crippen LogP contribution < -0.4 is 5.43 Å². The number of aromatic nitrogens is 1. The number of aromatic hydroxyl groups is 1. The maximum Gasteiger partial charge on any atom is 0.271 e. The van der Waals surface area contributed by atoms with E-state index < -0.39 is 4.92 Å². The monoisotopic (exact) mass is 384 g/mol. The number of para-hydroxylation sites is 1. The number of amidine groups is 1. The molecule has 27 heavy (non-hydrogen) atoms. The van der Waals surface area contributed by atoms with Crippen LogP contribution in [0.4, 0.5) is 16.5 Å². The molecule has 2 aromatic carbocycles. The molecule has 0 aliphatic carbocycles. The van der Waals surface area contributed by atoms with Crippen molar-refractivity contribution in [2.75, 3.05) is 5.43 Å². The van der Waals surface area contributed by atoms with E-state index >= 15 is 0 Å². The van der Waals surface area contributed by atoms with E-state index in [0.29, 0.717) is 11.0 Å². The predicted octanol–water partition coefficient (Wildman–Crippen LogP) is 5.08. The third kappa shape index (κ3) is 4.42. The van der Waals surface area contributed by atoms with Crippen LogP contribution in [0.15, 0.2) is 57.8 Å². The highest BCUT2D eigenvalue weighted by Gasteiger charge is 2.11. The number of nitrogens with zero attached hydrogens (tertiary/aromatic N) is 5. The maximum atomic E-state index is 10.9. The zero-order chi connectivity index (χ0) is 19.4. The molecule has 2 N–H and O–H groups in total. The van der Waals surface area contributed by atoms with E-state index in [1.165, 1.54) is 29.5 Å². The number of nitro benzene ring substituents is 1. The fraction of sp³-hybridized carbons (Fsp3) is 0.176. The summed E-state index contributed by atoms with van der Waals surface area (Å²) in [4.78, 5) is 14.7. The number of thiazole rings is 1. The number of phenols is 1. The van der Waals surface area contributed by atoms with Gasteiger partial charge in [-0.25, -0.2) is 4.98 Å². The summed E-state index contributed by atoms with van der Waals surface area (Å²) in [6, 6.07) is 11.3. The second-order valence-corrected chi connectivity index (χ2v) is 6.87. The van der Waals surface area contributed by atoms with Crippen molar-refractivity contribution in [3.8, 4) is 5.75 Å². The Morgan fingerprint density at radius 2 is 2.07 bits per heavy atom. The van der Waals surface area contributed by atoms with Crippen LogP contribution in [-0.4, -0.2) is 20.8 Å². The molecule has 0 radical (unpaired) electrons. The Labute approximate surface area is 158 Å². The average Bonchev–Trinajstić information content (AvgIpc) is 3.05. The number of azo groups is 1. The van der Waals surface area contributed by atoms with Crippen LogP contribution >= 0.6 is 11.3 Å². The molecule has 0 unspecified atom stereocenters. The number of nitrogens with one attached hydrogen (secondary N) is 1. The highest BCUT2D eigenvalue weighted by molar-refractivity contribution is 7.21. The summed E-state index contributed by atoms with van der Waals surface area (Å²) in [5.74, 6) is 0.132. The summed E-state index contributed by atoms with van der Waals surface area (Å²) in [7, 11) is 0. The van der Waals surface area contributed by atoms with Crippen molar-refractivity contribution in [2.24, 2.45) is 21.2 Å². The van der Waals surface area contributed by atoms with E-state index in [1.807, 2.05) is 38.1 Å². The number of anilines is 1. The second kappa shape index (κ2) is 7.87. The second-order valence-electron chi connectivity index (χ2n) is 5.86. The van der Waals surface area contributed by atoms with Crippen molar-refractivity contribution in [1.82, 2.24) is 4.98 Å². The van der Waals surface area contributed by atoms with E-state index in [9.17, 15) is 15.2 Å². The molecular formula is C17H16N6O3S. The summed E-state index contributed by atoms with van der Waals surface area (Å²) in [6.45, 7) is 3.76. The lowest BCUT2D eigenvalue weighted by Gasteiger charge is -2.06. The smallest absolute Gasteiger partial charge is 0.271 e. The number of hydrazone groups is 1. The molecule has 1 heterocycles. The molecule has 10 heteroatoms. The molecule has 3 aromatic rings. The lowest BCUT2D eigenvalue weighted by molar-refractivity contribution is -0.384. The summed E-state index contributed by atoms with van der Waals surface area (Å²) in [6.07, 6.45) is 0. The van der Waals surface area contributed by atoms with E-state index in [0.717, 1.165) is 10.2 Å². The molecule has 0 spiro atoms. The van der Waals surface area contributed by atoms with Crippen LogP contribution in [0, 0.1) is 16.0 Å². The summed E-state index contributed by atoms with van der Waals surface area (Å²) in [5.41, 5.74) is 3.41. The Kier molecular flexibility index (Phi) is 5.36. The van der Waals surface area contributed by atoms with Crippen molar-refractivity contribution in [2.45, 2.75) is 13.8 Å². The first-order chi connectivity index (χ1) is 12.9. The Morgan fingerprint density at radius 1 is 1.30 bits per heavy atom. The lowest BCUT2D eigenvalue weighted by Crippen LogP contribution is -2.07. The summed E-state index contributed by atoms with van der Waals surface area (Å²) in [5, 5.41) is 33.6. The average molecular weight is 384 g/mol. The minimum atomic E-state index is -0.551. The van der Waals surface area contributed by atoms with Crippen LogP contribution in [0.25, 0.3) is 10.2 Å². The van der Waals surface area contributed by atoms with Crippen LogP contribution in [0.2, 0.25) is 0 Å². The van der Waals surface area contributed by atoms with Gasteiger partial charge in [0.25, 0.3) is 5.69 Å². The molecule has 0 aliphatic heterocycles. The molecule has 0 aliphatic rings. The van der Waals surface area contributed by atoms with Gasteiger partial charge in [-0.2, -0.15) is 5.10 Å². The van der Waals surface area contributed by atoms with Gasteiger partial charge in [-0.15, -0.1) is 10.2 Å². The van der Waals surface area contributed by atoms with E-state index in [-0.39, 0.29) is 23.0 Å². The van der Waals surface area contributed by atoms with Gasteiger partial charge in [0.15, 0.2) is 5.84 Å². The number of fused-ring (bicyclic) bond motifs is 1. The van der Waals surface area contributed by atoms with E-state index in [1.54, 1.807) is 0 Å². The number of hydrogen-bond donors (Lipinski definition) is 2. The highest BCUT2D eigenvalue weighted by atomic mass is 32.1. The molecule has 0 bridgehead atoms. The standard InChI is InChI=1S/C17H16N6O3S/c1-10(2)16(20-19-13-9-11(23(25)26)7-8-14(13)24)21-22-17-18-12-5-3-4-6-15(12)27-17/h3-10,19,24H,1-2H3/b20-16-,22-21?. The fourth-order valence-corrected chi connectivity index (χ4v) is 2.90. The molecule has 0 fully saturated rings. The molecule has 3 rings (SSSR count). The Bertz CT molecular complexity index is 1010. The van der Waals surface area contributed by atoms with Crippen molar-refractivity contribution in [3.05, 3.63) is 52.6 Å². The number of hydrogen-bond acceptors (Lipinski definition) is 8. The molecule has 9 nitrogen and oxygen atoms in total. The quantitative estimate of drug-likeness (QED) is 0.158. The number of non-ortho nitro benzene ring substituents is 1. The highest BCUT2D eigenvalue weighted by Crippen LogP contribution is 2.29. The van der Waals surface area contributed by atoms with Gasteiger partial charge in [-0.3, -0.25) is 15.5 Å². The first-order valence-electron chi connectivity index (χ1n) is 8.02. The first kappa shape index (κ1) is 18.4. The SMILES string of the molecule is CC(C)/C(N=Nc1nc2ccccc2s1)=N/Nc1cc([N+](=O)[O-])ccc1O. The van der Waals surface area contributed by atoms with Gasteiger partial charge < -0.3 is 5.11 Å². The number of nitro groups is 1. The molecule has 0 atom stereocenters. The van der Waals surface area contributed by atoms with Crippen molar-refractivity contribution in [3.63, 3.8) is 0 Å². The van der Waals surface area contributed by atoms with Gasteiger partial charge >= 0.3 is 0 Å². The van der Waals surface area contributed by atoms with Gasteiger partial charge in [0, 0.05) is 18.1 Å². The third-order valence-corrected chi connectivity index (χ3v) is 4.44. The zero-order valence-corrected chi connectivity index (χ0v) is 15.3. The topological polar surface area (TPSA) is 125 Å². The Hall–Kier alpha value is -3.40. The van der Waals surface area contributed by atoms with Gasteiger partial charge in [0.2, 0.25) is 5.13 Å². The van der Waals surface area contributed by atoms with E-state index in [4.69, 9.17) is 0 Å². The molecule has 0 saturated heterocycles. The van der Waals surface area contributed by atoms with Crippen molar-refractivity contribution in [1.29, 1.82) is 0 Å². The van der Waals surface area contributed by atoms with Crippen molar-refractivity contribution >= 4 is 43.9 Å². The Balaban J connectivity index is 1.83. The maximum absolute atomic E-state index is 10.9. The minimum absolute atomic E-state index is 0.0727. The number of rotatable bonds is 5. The summed E-state index contributed by atoms with van der Waals surface area (Å²) >= 11 is 1.41. The largest absolute Gasteiger partial charge is 0.506 e. The van der Waals surface area contributed by atoms with Gasteiger partial charge in [-0.05, 0) is 18.2 Å². The van der Waals surface area contributed by atoms with Crippen LogP contribution in [0.5, 0.6) is 5.75 Å². The predicted molar refractivity (Wildman–Crippen MR) is 105 cm³/mol. The summed E-state index contributed by atoms with van der Waals surface area (Å²) < 4.78 is 1.01. The van der Waals surface area contributed by atoms with Crippen LogP contribution in [0.3, 0.4) is 0 Å². The molecular weight excluding hydrogens is 368 g/mol.